The van der Waals surface area contributed by atoms with Crippen molar-refractivity contribution in [1.82, 2.24) is 10.3 Å². The second kappa shape index (κ2) is 6.06. The van der Waals surface area contributed by atoms with Crippen LogP contribution in [-0.4, -0.2) is 12.0 Å². The zero-order valence-corrected chi connectivity index (χ0v) is 13.0. The molecular formula is C17H22N2S. The minimum Gasteiger partial charge on any atom is -0.312 e. The summed E-state index contributed by atoms with van der Waals surface area (Å²) in [5, 5.41) is 5.78. The molecular weight excluding hydrogens is 264 g/mol. The summed E-state index contributed by atoms with van der Waals surface area (Å²) in [7, 11) is 2.08. The molecule has 2 nitrogen and oxygen atoms in total. The minimum atomic E-state index is 0.402. The van der Waals surface area contributed by atoms with E-state index >= 15 is 0 Å². The zero-order valence-electron chi connectivity index (χ0n) is 12.2. The van der Waals surface area contributed by atoms with Gasteiger partial charge in [0.1, 0.15) is 0 Å². The highest BCUT2D eigenvalue weighted by Crippen LogP contribution is 2.41. The fraction of sp³-hybridized carbons (Fsp3) is 0.471. The molecule has 2 atom stereocenters. The second-order valence-corrected chi connectivity index (χ2v) is 6.42. The number of nitrogens with one attached hydrogen (secondary N) is 1. The van der Waals surface area contributed by atoms with Crippen molar-refractivity contribution in [2.24, 2.45) is 0 Å². The van der Waals surface area contributed by atoms with Crippen molar-refractivity contribution in [1.29, 1.82) is 0 Å². The third-order valence-corrected chi connectivity index (χ3v) is 5.44. The number of nitrogens with zero attached hydrogens (tertiary/aromatic N) is 1. The summed E-state index contributed by atoms with van der Waals surface area (Å²) in [5.74, 6) is 0.508. The molecule has 1 aliphatic rings. The molecule has 106 valence electrons. The Bertz CT molecular complexity index is 576. The summed E-state index contributed by atoms with van der Waals surface area (Å²) in [6.45, 7) is 2.24. The van der Waals surface area contributed by atoms with E-state index in [0.717, 1.165) is 6.42 Å². The van der Waals surface area contributed by atoms with Gasteiger partial charge in [-0.1, -0.05) is 13.0 Å². The molecule has 0 spiro atoms. The Balaban J connectivity index is 1.99. The van der Waals surface area contributed by atoms with Crippen molar-refractivity contribution < 1.29 is 0 Å². The maximum absolute atomic E-state index is 4.70. The van der Waals surface area contributed by atoms with Crippen LogP contribution in [0.5, 0.6) is 0 Å². The topological polar surface area (TPSA) is 24.9 Å². The predicted octanol–water partition coefficient (Wildman–Crippen LogP) is 4.09. The highest BCUT2D eigenvalue weighted by molar-refractivity contribution is 7.10. The first-order chi connectivity index (χ1) is 9.85. The summed E-state index contributed by atoms with van der Waals surface area (Å²) >= 11 is 1.88. The van der Waals surface area contributed by atoms with E-state index in [9.17, 15) is 0 Å². The molecule has 2 unspecified atom stereocenters. The number of aromatic nitrogens is 1. The van der Waals surface area contributed by atoms with Crippen molar-refractivity contribution >= 4 is 11.3 Å². The smallest absolute Gasteiger partial charge is 0.0500 e. The van der Waals surface area contributed by atoms with Crippen LogP contribution in [-0.2, 0) is 12.8 Å². The maximum Gasteiger partial charge on any atom is 0.0500 e. The molecule has 0 radical (unpaired) electrons. The van der Waals surface area contributed by atoms with E-state index in [1.54, 1.807) is 0 Å². The monoisotopic (exact) mass is 286 g/mol. The average Bonchev–Trinajstić information content (AvgIpc) is 2.97. The van der Waals surface area contributed by atoms with Crippen molar-refractivity contribution in [3.05, 3.63) is 51.5 Å². The van der Waals surface area contributed by atoms with Crippen LogP contribution in [0.1, 0.15) is 53.4 Å². The first-order valence-corrected chi connectivity index (χ1v) is 8.40. The molecule has 20 heavy (non-hydrogen) atoms. The van der Waals surface area contributed by atoms with Crippen LogP contribution in [0.25, 0.3) is 0 Å². The van der Waals surface area contributed by atoms with Crippen LogP contribution >= 0.6 is 11.3 Å². The molecule has 1 N–H and O–H groups in total. The van der Waals surface area contributed by atoms with Gasteiger partial charge in [-0.05, 0) is 61.4 Å². The van der Waals surface area contributed by atoms with Crippen LogP contribution in [0.15, 0.2) is 29.8 Å². The molecule has 0 aromatic carbocycles. The zero-order chi connectivity index (χ0) is 13.9. The Morgan fingerprint density at radius 2 is 2.35 bits per heavy atom. The average molecular weight is 286 g/mol. The molecule has 2 aromatic heterocycles. The summed E-state index contributed by atoms with van der Waals surface area (Å²) in [6.07, 6.45) is 6.74. The molecule has 0 aliphatic heterocycles. The van der Waals surface area contributed by atoms with Gasteiger partial charge in [0.2, 0.25) is 0 Å². The first kappa shape index (κ1) is 13.8. The van der Waals surface area contributed by atoms with E-state index in [-0.39, 0.29) is 0 Å². The molecule has 2 aromatic rings. The predicted molar refractivity (Wildman–Crippen MR) is 85.4 cm³/mol. The van der Waals surface area contributed by atoms with Crippen molar-refractivity contribution in [2.45, 2.75) is 44.6 Å². The number of hydrogen-bond acceptors (Lipinski definition) is 3. The van der Waals surface area contributed by atoms with E-state index in [2.05, 4.69) is 42.9 Å². The van der Waals surface area contributed by atoms with E-state index in [1.807, 2.05) is 17.5 Å². The number of rotatable bonds is 4. The Hall–Kier alpha value is -1.19. The molecule has 2 heterocycles. The summed E-state index contributed by atoms with van der Waals surface area (Å²) in [5.41, 5.74) is 4.24. The fourth-order valence-electron chi connectivity index (χ4n) is 3.40. The second-order valence-electron chi connectivity index (χ2n) is 5.48. The lowest BCUT2D eigenvalue weighted by atomic mass is 9.81. The van der Waals surface area contributed by atoms with Gasteiger partial charge in [-0.15, -0.1) is 11.3 Å². The van der Waals surface area contributed by atoms with Gasteiger partial charge < -0.3 is 5.32 Å². The van der Waals surface area contributed by atoms with Gasteiger partial charge in [-0.2, -0.15) is 0 Å². The summed E-state index contributed by atoms with van der Waals surface area (Å²) in [6, 6.07) is 6.99. The molecule has 0 saturated heterocycles. The van der Waals surface area contributed by atoms with Crippen molar-refractivity contribution in [2.75, 3.05) is 7.05 Å². The van der Waals surface area contributed by atoms with E-state index in [0.29, 0.717) is 12.0 Å². The number of likely N-dealkylation sites (N-methyl/N-ethyl adjacent to an activating group) is 1. The van der Waals surface area contributed by atoms with Gasteiger partial charge in [0.15, 0.2) is 0 Å². The molecule has 3 heteroatoms. The van der Waals surface area contributed by atoms with E-state index < -0.39 is 0 Å². The Labute approximate surface area is 125 Å². The van der Waals surface area contributed by atoms with Gasteiger partial charge in [0.25, 0.3) is 0 Å². The van der Waals surface area contributed by atoms with Gasteiger partial charge in [-0.25, -0.2) is 0 Å². The van der Waals surface area contributed by atoms with Crippen LogP contribution < -0.4 is 5.32 Å². The molecule has 1 aliphatic carbocycles. The van der Waals surface area contributed by atoms with Gasteiger partial charge in [0, 0.05) is 28.7 Å². The number of aryl methyl sites for hydroxylation is 2. The Morgan fingerprint density at radius 1 is 1.45 bits per heavy atom. The third kappa shape index (κ3) is 2.40. The van der Waals surface area contributed by atoms with Crippen LogP contribution in [0.3, 0.4) is 0 Å². The Morgan fingerprint density at radius 3 is 3.15 bits per heavy atom. The number of pyridine rings is 1. The Kier molecular flexibility index (Phi) is 4.18. The summed E-state index contributed by atoms with van der Waals surface area (Å²) < 4.78 is 0. The molecule has 0 saturated carbocycles. The third-order valence-electron chi connectivity index (χ3n) is 4.40. The van der Waals surface area contributed by atoms with Crippen molar-refractivity contribution in [3.8, 4) is 0 Å². The normalized spacial score (nSPS) is 19.6. The SMILES string of the molecule is CCc1ccsc1C(NC)C1CCCc2cccnc21. The lowest BCUT2D eigenvalue weighted by molar-refractivity contribution is 0.419. The lowest BCUT2D eigenvalue weighted by Gasteiger charge is -2.31. The minimum absolute atomic E-state index is 0.402. The van der Waals surface area contributed by atoms with Gasteiger partial charge >= 0.3 is 0 Å². The first-order valence-electron chi connectivity index (χ1n) is 7.52. The van der Waals surface area contributed by atoms with Crippen LogP contribution in [0.2, 0.25) is 0 Å². The van der Waals surface area contributed by atoms with Crippen LogP contribution in [0, 0.1) is 0 Å². The summed E-state index contributed by atoms with van der Waals surface area (Å²) in [4.78, 5) is 6.20. The highest BCUT2D eigenvalue weighted by atomic mass is 32.1. The molecule has 0 fully saturated rings. The number of hydrogen-bond donors (Lipinski definition) is 1. The number of fused-ring (bicyclic) bond motifs is 1. The fourth-order valence-corrected chi connectivity index (χ4v) is 4.57. The molecule has 0 amide bonds. The van der Waals surface area contributed by atoms with Gasteiger partial charge in [-0.3, -0.25) is 4.98 Å². The standard InChI is InChI=1S/C17H22N2S/c1-3-12-9-11-20-17(12)16(18-2)14-8-4-6-13-7-5-10-19-15(13)14/h5,7,9-11,14,16,18H,3-4,6,8H2,1-2H3. The molecule has 3 rings (SSSR count). The quantitative estimate of drug-likeness (QED) is 0.916. The maximum atomic E-state index is 4.70. The molecule has 0 bridgehead atoms. The largest absolute Gasteiger partial charge is 0.312 e. The van der Waals surface area contributed by atoms with Crippen LogP contribution in [0.4, 0.5) is 0 Å². The van der Waals surface area contributed by atoms with E-state index in [4.69, 9.17) is 4.98 Å². The van der Waals surface area contributed by atoms with Gasteiger partial charge in [0.05, 0.1) is 0 Å². The van der Waals surface area contributed by atoms with E-state index in [1.165, 1.54) is 41.0 Å². The number of thiophene rings is 1. The van der Waals surface area contributed by atoms with Crippen molar-refractivity contribution in [3.63, 3.8) is 0 Å². The highest BCUT2D eigenvalue weighted by Gasteiger charge is 2.30. The lowest BCUT2D eigenvalue weighted by Crippen LogP contribution is -2.27.